The number of anilines is 1. The summed E-state index contributed by atoms with van der Waals surface area (Å²) in [6, 6.07) is 14.2. The van der Waals surface area contributed by atoms with Gasteiger partial charge in [-0.1, -0.05) is 54.0 Å². The molecule has 3 rings (SSSR count). The minimum absolute atomic E-state index is 0.217. The number of hydrogen-bond donors (Lipinski definition) is 3. The molecule has 1 aliphatic heterocycles. The largest absolute Gasteiger partial charge is 0.465 e. The van der Waals surface area contributed by atoms with E-state index in [-0.39, 0.29) is 17.7 Å². The van der Waals surface area contributed by atoms with Gasteiger partial charge >= 0.3 is 6.09 Å². The van der Waals surface area contributed by atoms with Crippen molar-refractivity contribution < 1.29 is 19.5 Å². The van der Waals surface area contributed by atoms with E-state index in [0.29, 0.717) is 25.1 Å². The third-order valence-corrected chi connectivity index (χ3v) is 6.36. The van der Waals surface area contributed by atoms with Gasteiger partial charge in [0.25, 0.3) is 5.91 Å². The lowest BCUT2D eigenvalue weighted by Crippen LogP contribution is -2.55. The summed E-state index contributed by atoms with van der Waals surface area (Å²) in [7, 11) is 1.38. The molecule has 3 amide bonds. The number of benzene rings is 2. The van der Waals surface area contributed by atoms with Gasteiger partial charge in [0.2, 0.25) is 5.91 Å². The Morgan fingerprint density at radius 3 is 2.18 bits per heavy atom. The number of nitrogens with zero attached hydrogens (tertiary/aromatic N) is 2. The molecule has 3 N–H and O–H groups in total. The van der Waals surface area contributed by atoms with E-state index >= 15 is 0 Å². The first-order valence-corrected chi connectivity index (χ1v) is 11.7. The zero-order chi connectivity index (χ0) is 24.1. The van der Waals surface area contributed by atoms with Crippen molar-refractivity contribution in [3.8, 4) is 11.1 Å². The van der Waals surface area contributed by atoms with E-state index in [4.69, 9.17) is 0 Å². The molecule has 1 saturated heterocycles. The van der Waals surface area contributed by atoms with Gasteiger partial charge in [-0.2, -0.15) is 0 Å². The average molecular weight is 517 g/mol. The second-order valence-corrected chi connectivity index (χ2v) is 9.39. The SMILES string of the molecule is CC(C)C(C(=O)N1CCCC1C(=O)NNc1ccc(-c2ccc(Br)cc2)cc1)N(C)C(=O)O. The van der Waals surface area contributed by atoms with Crippen molar-refractivity contribution in [1.82, 2.24) is 15.2 Å². The molecule has 0 aliphatic carbocycles. The highest BCUT2D eigenvalue weighted by Gasteiger charge is 2.40. The zero-order valence-electron chi connectivity index (χ0n) is 18.9. The minimum atomic E-state index is -1.17. The molecule has 2 atom stereocenters. The zero-order valence-corrected chi connectivity index (χ0v) is 20.5. The van der Waals surface area contributed by atoms with E-state index in [0.717, 1.165) is 20.5 Å². The molecule has 2 aromatic carbocycles. The van der Waals surface area contributed by atoms with Crippen LogP contribution in [0.25, 0.3) is 11.1 Å². The number of hydrogen-bond acceptors (Lipinski definition) is 4. The molecule has 1 fully saturated rings. The molecule has 2 aromatic rings. The number of likely N-dealkylation sites (tertiary alicyclic amines) is 1. The van der Waals surface area contributed by atoms with Gasteiger partial charge in [-0.25, -0.2) is 4.79 Å². The highest BCUT2D eigenvalue weighted by molar-refractivity contribution is 9.10. The normalized spacial score (nSPS) is 16.4. The standard InChI is InChI=1S/C24H29BrN4O4/c1-15(2)21(28(3)24(32)33)23(31)29-14-4-5-20(29)22(30)27-26-19-12-8-17(9-13-19)16-6-10-18(25)11-7-16/h6-13,15,20-21,26H,4-5,14H2,1-3H3,(H,27,30)(H,32,33). The second kappa shape index (κ2) is 10.7. The van der Waals surface area contributed by atoms with Gasteiger partial charge in [0.15, 0.2) is 0 Å². The average Bonchev–Trinajstić information content (AvgIpc) is 3.28. The third-order valence-electron chi connectivity index (χ3n) is 5.83. The maximum atomic E-state index is 13.1. The lowest BCUT2D eigenvalue weighted by atomic mass is 10.0. The van der Waals surface area contributed by atoms with Crippen molar-refractivity contribution >= 4 is 39.5 Å². The van der Waals surface area contributed by atoms with Crippen molar-refractivity contribution in [3.63, 3.8) is 0 Å². The molecular formula is C24H29BrN4O4. The number of carbonyl (C=O) groups excluding carboxylic acids is 2. The molecule has 0 saturated carbocycles. The van der Waals surface area contributed by atoms with Crippen molar-refractivity contribution in [3.05, 3.63) is 53.0 Å². The smallest absolute Gasteiger partial charge is 0.407 e. The Labute approximate surface area is 202 Å². The van der Waals surface area contributed by atoms with Gasteiger partial charge in [0.05, 0.1) is 5.69 Å². The van der Waals surface area contributed by atoms with Crippen LogP contribution in [-0.4, -0.2) is 58.5 Å². The highest BCUT2D eigenvalue weighted by Crippen LogP contribution is 2.24. The molecule has 9 heteroatoms. The van der Waals surface area contributed by atoms with Crippen LogP contribution in [0.3, 0.4) is 0 Å². The van der Waals surface area contributed by atoms with Gasteiger partial charge in [0.1, 0.15) is 12.1 Å². The number of carboxylic acid groups (broad SMARTS) is 1. The molecule has 8 nitrogen and oxygen atoms in total. The van der Waals surface area contributed by atoms with Gasteiger partial charge in [-0.3, -0.25) is 25.3 Å². The number of carbonyl (C=O) groups is 3. The fraction of sp³-hybridized carbons (Fsp3) is 0.375. The van der Waals surface area contributed by atoms with Gasteiger partial charge < -0.3 is 10.0 Å². The van der Waals surface area contributed by atoms with E-state index in [1.54, 1.807) is 13.8 Å². The first-order chi connectivity index (χ1) is 15.7. The Balaban J connectivity index is 1.63. The first kappa shape index (κ1) is 24.6. The number of halogens is 1. The van der Waals surface area contributed by atoms with Crippen LogP contribution in [0.15, 0.2) is 53.0 Å². The fourth-order valence-electron chi connectivity index (χ4n) is 4.10. The Kier molecular flexibility index (Phi) is 7.97. The van der Waals surface area contributed by atoms with E-state index in [2.05, 4.69) is 26.8 Å². The number of likely N-dealkylation sites (N-methyl/N-ethyl adjacent to an activating group) is 1. The molecule has 33 heavy (non-hydrogen) atoms. The lowest BCUT2D eigenvalue weighted by Gasteiger charge is -2.33. The van der Waals surface area contributed by atoms with E-state index in [9.17, 15) is 19.5 Å². The maximum absolute atomic E-state index is 13.1. The molecule has 1 heterocycles. The summed E-state index contributed by atoms with van der Waals surface area (Å²) < 4.78 is 1.01. The van der Waals surface area contributed by atoms with Crippen LogP contribution < -0.4 is 10.9 Å². The Hall–Kier alpha value is -3.07. The molecule has 0 bridgehead atoms. The molecular weight excluding hydrogens is 488 g/mol. The van der Waals surface area contributed by atoms with Crippen LogP contribution in [0.1, 0.15) is 26.7 Å². The van der Waals surface area contributed by atoms with Crippen LogP contribution in [0.4, 0.5) is 10.5 Å². The number of rotatable bonds is 7. The van der Waals surface area contributed by atoms with Gasteiger partial charge in [-0.15, -0.1) is 0 Å². The maximum Gasteiger partial charge on any atom is 0.407 e. The predicted octanol–water partition coefficient (Wildman–Crippen LogP) is 4.18. The van der Waals surface area contributed by atoms with E-state index < -0.39 is 18.2 Å². The molecule has 0 aromatic heterocycles. The number of nitrogens with one attached hydrogen (secondary N) is 2. The van der Waals surface area contributed by atoms with Crippen molar-refractivity contribution in [2.75, 3.05) is 19.0 Å². The van der Waals surface area contributed by atoms with Crippen LogP contribution in [0.5, 0.6) is 0 Å². The second-order valence-electron chi connectivity index (χ2n) is 8.47. The molecule has 0 spiro atoms. The first-order valence-electron chi connectivity index (χ1n) is 10.9. The third kappa shape index (κ3) is 5.84. The topological polar surface area (TPSA) is 102 Å². The van der Waals surface area contributed by atoms with Gasteiger partial charge in [0, 0.05) is 18.1 Å². The quantitative estimate of drug-likeness (QED) is 0.479. The van der Waals surface area contributed by atoms with E-state index in [1.165, 1.54) is 11.9 Å². The summed E-state index contributed by atoms with van der Waals surface area (Å²) in [6.45, 7) is 4.02. The Bertz CT molecular complexity index is 995. The van der Waals surface area contributed by atoms with Crippen LogP contribution in [0.2, 0.25) is 0 Å². The molecule has 1 aliphatic rings. The molecule has 2 unspecified atom stereocenters. The molecule has 176 valence electrons. The summed E-state index contributed by atoms with van der Waals surface area (Å²) in [4.78, 5) is 39.9. The summed E-state index contributed by atoms with van der Waals surface area (Å²) in [6.07, 6.45) is 0.0481. The predicted molar refractivity (Wildman–Crippen MR) is 130 cm³/mol. The molecule has 0 radical (unpaired) electrons. The van der Waals surface area contributed by atoms with Crippen LogP contribution in [0, 0.1) is 5.92 Å². The van der Waals surface area contributed by atoms with Gasteiger partial charge in [-0.05, 0) is 54.2 Å². The fourth-order valence-corrected chi connectivity index (χ4v) is 4.36. The monoisotopic (exact) mass is 516 g/mol. The van der Waals surface area contributed by atoms with Crippen LogP contribution >= 0.6 is 15.9 Å². The summed E-state index contributed by atoms with van der Waals surface area (Å²) in [5.74, 6) is -0.880. The highest BCUT2D eigenvalue weighted by atomic mass is 79.9. The minimum Gasteiger partial charge on any atom is -0.465 e. The van der Waals surface area contributed by atoms with Crippen molar-refractivity contribution in [2.24, 2.45) is 5.92 Å². The summed E-state index contributed by atoms with van der Waals surface area (Å²) in [5, 5.41) is 9.35. The summed E-state index contributed by atoms with van der Waals surface area (Å²) >= 11 is 3.43. The Morgan fingerprint density at radius 2 is 1.64 bits per heavy atom. The van der Waals surface area contributed by atoms with Crippen molar-refractivity contribution in [1.29, 1.82) is 0 Å². The van der Waals surface area contributed by atoms with Crippen LogP contribution in [-0.2, 0) is 9.59 Å². The number of hydrazine groups is 1. The van der Waals surface area contributed by atoms with Crippen molar-refractivity contribution in [2.45, 2.75) is 38.8 Å². The Morgan fingerprint density at radius 1 is 1.06 bits per heavy atom. The summed E-state index contributed by atoms with van der Waals surface area (Å²) in [5.41, 5.74) is 8.45. The van der Waals surface area contributed by atoms with E-state index in [1.807, 2.05) is 48.5 Å². The number of amides is 3. The lowest BCUT2D eigenvalue weighted by molar-refractivity contribution is -0.142.